The van der Waals surface area contributed by atoms with E-state index in [9.17, 15) is 0 Å². The monoisotopic (exact) mass is 211 g/mol. The first kappa shape index (κ1) is 8.38. The molecule has 1 aliphatic heterocycles. The molecule has 1 fully saturated rings. The summed E-state index contributed by atoms with van der Waals surface area (Å²) in [4.78, 5) is 0. The number of halogens is 1. The maximum atomic E-state index is 6.11. The summed E-state index contributed by atoms with van der Waals surface area (Å²) in [6, 6.07) is 3.75. The molecular formula is C10H10ClNO2. The summed E-state index contributed by atoms with van der Waals surface area (Å²) in [7, 11) is 0. The van der Waals surface area contributed by atoms with Gasteiger partial charge in [-0.05, 0) is 18.9 Å². The summed E-state index contributed by atoms with van der Waals surface area (Å²) in [5, 5.41) is 0.588. The highest BCUT2D eigenvalue weighted by Gasteiger charge is 2.44. The van der Waals surface area contributed by atoms with E-state index in [1.807, 2.05) is 12.1 Å². The standard InChI is InChI=1S/C10H10ClNO2/c11-7-2-1-6(10(12)3-4-10)8-9(7)14-5-13-8/h1-2H,3-5,12H2. The van der Waals surface area contributed by atoms with Gasteiger partial charge < -0.3 is 15.2 Å². The Hall–Kier alpha value is -0.930. The van der Waals surface area contributed by atoms with Crippen molar-refractivity contribution in [1.82, 2.24) is 0 Å². The summed E-state index contributed by atoms with van der Waals surface area (Å²) in [6.07, 6.45) is 2.01. The molecule has 3 nitrogen and oxygen atoms in total. The van der Waals surface area contributed by atoms with Gasteiger partial charge in [-0.15, -0.1) is 0 Å². The van der Waals surface area contributed by atoms with Crippen LogP contribution in [0.15, 0.2) is 12.1 Å². The number of hydrogen-bond donors (Lipinski definition) is 1. The van der Waals surface area contributed by atoms with Gasteiger partial charge in [0.1, 0.15) is 0 Å². The molecule has 3 rings (SSSR count). The molecule has 1 aromatic carbocycles. The van der Waals surface area contributed by atoms with E-state index in [0.717, 1.165) is 24.2 Å². The zero-order chi connectivity index (χ0) is 9.76. The minimum absolute atomic E-state index is 0.206. The first-order valence-electron chi connectivity index (χ1n) is 4.58. The Labute approximate surface area is 86.7 Å². The molecule has 0 aromatic heterocycles. The lowest BCUT2D eigenvalue weighted by Crippen LogP contribution is -2.19. The minimum Gasteiger partial charge on any atom is -0.453 e. The number of fused-ring (bicyclic) bond motifs is 1. The van der Waals surface area contributed by atoms with E-state index < -0.39 is 0 Å². The lowest BCUT2D eigenvalue weighted by molar-refractivity contribution is 0.173. The molecule has 74 valence electrons. The molecule has 1 saturated carbocycles. The van der Waals surface area contributed by atoms with E-state index in [1.54, 1.807) is 0 Å². The molecule has 0 radical (unpaired) electrons. The largest absolute Gasteiger partial charge is 0.453 e. The molecule has 1 heterocycles. The van der Waals surface area contributed by atoms with Crippen LogP contribution in [0.3, 0.4) is 0 Å². The van der Waals surface area contributed by atoms with Gasteiger partial charge >= 0.3 is 0 Å². The van der Waals surface area contributed by atoms with Gasteiger partial charge in [0.2, 0.25) is 6.79 Å². The van der Waals surface area contributed by atoms with E-state index in [1.165, 1.54) is 0 Å². The molecule has 0 amide bonds. The lowest BCUT2D eigenvalue weighted by atomic mass is 10.0. The predicted molar refractivity (Wildman–Crippen MR) is 52.7 cm³/mol. The molecule has 1 aliphatic carbocycles. The second kappa shape index (κ2) is 2.55. The fourth-order valence-corrected chi connectivity index (χ4v) is 1.96. The van der Waals surface area contributed by atoms with Crippen LogP contribution < -0.4 is 15.2 Å². The average molecular weight is 212 g/mol. The zero-order valence-corrected chi connectivity index (χ0v) is 8.30. The first-order chi connectivity index (χ1) is 6.71. The molecule has 1 aromatic rings. The Morgan fingerprint density at radius 1 is 1.21 bits per heavy atom. The highest BCUT2D eigenvalue weighted by atomic mass is 35.5. The number of hydrogen-bond acceptors (Lipinski definition) is 3. The second-order valence-electron chi connectivity index (χ2n) is 3.82. The van der Waals surface area contributed by atoms with Gasteiger partial charge in [-0.2, -0.15) is 0 Å². The lowest BCUT2D eigenvalue weighted by Gasteiger charge is -2.12. The van der Waals surface area contributed by atoms with Gasteiger partial charge in [-0.25, -0.2) is 0 Å². The van der Waals surface area contributed by atoms with Crippen molar-refractivity contribution in [1.29, 1.82) is 0 Å². The van der Waals surface area contributed by atoms with Gasteiger partial charge in [0.25, 0.3) is 0 Å². The Kier molecular flexibility index (Phi) is 1.53. The molecule has 4 heteroatoms. The highest BCUT2D eigenvalue weighted by Crippen LogP contribution is 2.52. The zero-order valence-electron chi connectivity index (χ0n) is 7.55. The van der Waals surface area contributed by atoms with Crippen molar-refractivity contribution in [3.63, 3.8) is 0 Å². The molecule has 0 bridgehead atoms. The van der Waals surface area contributed by atoms with Crippen molar-refractivity contribution in [2.75, 3.05) is 6.79 Å². The maximum absolute atomic E-state index is 6.11. The van der Waals surface area contributed by atoms with E-state index in [0.29, 0.717) is 10.8 Å². The van der Waals surface area contributed by atoms with Crippen molar-refractivity contribution >= 4 is 11.6 Å². The van der Waals surface area contributed by atoms with E-state index in [2.05, 4.69) is 0 Å². The summed E-state index contributed by atoms with van der Waals surface area (Å²) in [5.74, 6) is 1.37. The van der Waals surface area contributed by atoms with E-state index >= 15 is 0 Å². The smallest absolute Gasteiger partial charge is 0.231 e. The van der Waals surface area contributed by atoms with Crippen LogP contribution in [-0.4, -0.2) is 6.79 Å². The number of ether oxygens (including phenoxy) is 2. The third-order valence-corrected chi connectivity index (χ3v) is 3.09. The average Bonchev–Trinajstić information content (AvgIpc) is 2.74. The highest BCUT2D eigenvalue weighted by molar-refractivity contribution is 6.32. The van der Waals surface area contributed by atoms with E-state index in [-0.39, 0.29) is 12.3 Å². The predicted octanol–water partition coefficient (Wildman–Crippen LogP) is 2.02. The molecule has 2 N–H and O–H groups in total. The third-order valence-electron chi connectivity index (χ3n) is 2.80. The Balaban J connectivity index is 2.18. The quantitative estimate of drug-likeness (QED) is 0.773. The van der Waals surface area contributed by atoms with Crippen LogP contribution >= 0.6 is 11.6 Å². The normalized spacial score (nSPS) is 21.0. The van der Waals surface area contributed by atoms with Crippen molar-refractivity contribution in [3.8, 4) is 11.5 Å². The first-order valence-corrected chi connectivity index (χ1v) is 4.96. The van der Waals surface area contributed by atoms with Gasteiger partial charge in [0, 0.05) is 11.1 Å². The second-order valence-corrected chi connectivity index (χ2v) is 4.22. The number of rotatable bonds is 1. The fourth-order valence-electron chi connectivity index (χ4n) is 1.76. The van der Waals surface area contributed by atoms with Crippen LogP contribution in [0.5, 0.6) is 11.5 Å². The maximum Gasteiger partial charge on any atom is 0.231 e. The Morgan fingerprint density at radius 3 is 2.64 bits per heavy atom. The van der Waals surface area contributed by atoms with Crippen LogP contribution in [0.2, 0.25) is 5.02 Å². The molecular weight excluding hydrogens is 202 g/mol. The van der Waals surface area contributed by atoms with Crippen molar-refractivity contribution in [2.45, 2.75) is 18.4 Å². The van der Waals surface area contributed by atoms with Gasteiger partial charge in [-0.1, -0.05) is 17.7 Å². The minimum atomic E-state index is -0.206. The topological polar surface area (TPSA) is 44.5 Å². The molecule has 0 spiro atoms. The van der Waals surface area contributed by atoms with Crippen molar-refractivity contribution in [2.24, 2.45) is 5.73 Å². The Bertz CT molecular complexity index is 401. The summed E-state index contributed by atoms with van der Waals surface area (Å²) in [5.41, 5.74) is 6.93. The number of benzene rings is 1. The molecule has 0 saturated heterocycles. The van der Waals surface area contributed by atoms with Crippen LogP contribution in [0.25, 0.3) is 0 Å². The van der Waals surface area contributed by atoms with Gasteiger partial charge in [-0.3, -0.25) is 0 Å². The summed E-state index contributed by atoms with van der Waals surface area (Å²) < 4.78 is 10.7. The van der Waals surface area contributed by atoms with Gasteiger partial charge in [0.05, 0.1) is 5.02 Å². The molecule has 2 aliphatic rings. The van der Waals surface area contributed by atoms with Crippen molar-refractivity contribution < 1.29 is 9.47 Å². The SMILES string of the molecule is NC1(c2ccc(Cl)c3c2OCO3)CC1. The van der Waals surface area contributed by atoms with E-state index in [4.69, 9.17) is 26.8 Å². The van der Waals surface area contributed by atoms with Crippen molar-refractivity contribution in [3.05, 3.63) is 22.7 Å². The fraction of sp³-hybridized carbons (Fsp3) is 0.400. The number of nitrogens with two attached hydrogens (primary N) is 1. The van der Waals surface area contributed by atoms with Crippen LogP contribution in [0.4, 0.5) is 0 Å². The van der Waals surface area contributed by atoms with Gasteiger partial charge in [0.15, 0.2) is 11.5 Å². The molecule has 14 heavy (non-hydrogen) atoms. The molecule has 0 unspecified atom stereocenters. The van der Waals surface area contributed by atoms with Crippen LogP contribution in [-0.2, 0) is 5.54 Å². The summed E-state index contributed by atoms with van der Waals surface area (Å²) >= 11 is 5.97. The van der Waals surface area contributed by atoms with Crippen LogP contribution in [0.1, 0.15) is 18.4 Å². The summed E-state index contributed by atoms with van der Waals surface area (Å²) in [6.45, 7) is 0.238. The van der Waals surface area contributed by atoms with Crippen LogP contribution in [0, 0.1) is 0 Å². The molecule has 0 atom stereocenters. The Morgan fingerprint density at radius 2 is 1.93 bits per heavy atom. The third kappa shape index (κ3) is 1.03.